The van der Waals surface area contributed by atoms with Crippen molar-refractivity contribution < 1.29 is 9.94 Å². The van der Waals surface area contributed by atoms with E-state index in [2.05, 4.69) is 15.0 Å². The second kappa shape index (κ2) is 6.07. The van der Waals surface area contributed by atoms with Gasteiger partial charge in [0.2, 0.25) is 0 Å². The lowest BCUT2D eigenvalue weighted by Crippen LogP contribution is -2.61. The number of ether oxygens (including phenoxy) is 1. The highest BCUT2D eigenvalue weighted by molar-refractivity contribution is 5.88. The highest BCUT2D eigenvalue weighted by Gasteiger charge is 2.35. The molecule has 0 radical (unpaired) electrons. The van der Waals surface area contributed by atoms with Gasteiger partial charge in [-0.25, -0.2) is 0 Å². The van der Waals surface area contributed by atoms with E-state index in [1.54, 1.807) is 0 Å². The van der Waals surface area contributed by atoms with Crippen molar-refractivity contribution in [1.82, 2.24) is 9.80 Å². The van der Waals surface area contributed by atoms with Crippen molar-refractivity contribution in [2.45, 2.75) is 38.3 Å². The summed E-state index contributed by atoms with van der Waals surface area (Å²) in [6.45, 7) is 9.71. The van der Waals surface area contributed by atoms with Crippen molar-refractivity contribution in [3.63, 3.8) is 0 Å². The molecule has 0 aromatic carbocycles. The van der Waals surface area contributed by atoms with Crippen LogP contribution in [-0.2, 0) is 4.74 Å². The maximum atomic E-state index is 8.87. The largest absolute Gasteiger partial charge is 0.409 e. The molecule has 110 valence electrons. The van der Waals surface area contributed by atoms with Crippen molar-refractivity contribution in [2.24, 2.45) is 10.9 Å². The van der Waals surface area contributed by atoms with Crippen LogP contribution < -0.4 is 5.73 Å². The Bertz CT molecular complexity index is 319. The fraction of sp³-hybridized carbons (Fsp3) is 0.923. The van der Waals surface area contributed by atoms with Crippen molar-refractivity contribution >= 4 is 5.84 Å². The van der Waals surface area contributed by atoms with Crippen LogP contribution in [0.25, 0.3) is 0 Å². The minimum atomic E-state index is -0.385. The molecular formula is C13H26N4O2. The molecular weight excluding hydrogens is 244 g/mol. The summed E-state index contributed by atoms with van der Waals surface area (Å²) in [5.74, 6) is 0.280. The van der Waals surface area contributed by atoms with E-state index >= 15 is 0 Å². The first-order valence-corrected chi connectivity index (χ1v) is 7.10. The molecule has 0 spiro atoms. The molecule has 0 aliphatic carbocycles. The van der Waals surface area contributed by atoms with Crippen molar-refractivity contribution in [2.75, 3.05) is 39.4 Å². The maximum Gasteiger partial charge on any atom is 0.159 e. The minimum absolute atomic E-state index is 0.280. The third-order valence-electron chi connectivity index (χ3n) is 4.49. The van der Waals surface area contributed by atoms with Gasteiger partial charge in [0.1, 0.15) is 0 Å². The van der Waals surface area contributed by atoms with E-state index in [-0.39, 0.29) is 11.4 Å². The lowest BCUT2D eigenvalue weighted by atomic mass is 9.99. The van der Waals surface area contributed by atoms with E-state index in [9.17, 15) is 0 Å². The van der Waals surface area contributed by atoms with Crippen LogP contribution in [0.2, 0.25) is 0 Å². The van der Waals surface area contributed by atoms with Crippen LogP contribution in [0.3, 0.4) is 0 Å². The molecule has 0 amide bonds. The van der Waals surface area contributed by atoms with Crippen LogP contribution in [0.1, 0.15) is 26.7 Å². The van der Waals surface area contributed by atoms with Crippen molar-refractivity contribution in [1.29, 1.82) is 0 Å². The normalized spacial score (nSPS) is 28.5. The summed E-state index contributed by atoms with van der Waals surface area (Å²) in [5, 5.41) is 12.0. The maximum absolute atomic E-state index is 8.87. The molecule has 2 fully saturated rings. The summed E-state index contributed by atoms with van der Waals surface area (Å²) < 4.78 is 5.56. The van der Waals surface area contributed by atoms with Crippen LogP contribution in [0, 0.1) is 0 Å². The SMILES string of the molecule is CC(C)(C(N)=NO)N1CCN(C2CCCOC2)CC1. The third kappa shape index (κ3) is 3.19. The van der Waals surface area contributed by atoms with Gasteiger partial charge in [-0.2, -0.15) is 0 Å². The van der Waals surface area contributed by atoms with Crippen LogP contribution >= 0.6 is 0 Å². The quantitative estimate of drug-likeness (QED) is 0.334. The zero-order valence-electron chi connectivity index (χ0n) is 12.0. The molecule has 2 aliphatic heterocycles. The summed E-state index contributed by atoms with van der Waals surface area (Å²) in [6.07, 6.45) is 2.41. The second-order valence-electron chi connectivity index (χ2n) is 5.94. The fourth-order valence-corrected chi connectivity index (χ4v) is 2.94. The average molecular weight is 270 g/mol. The van der Waals surface area contributed by atoms with Crippen LogP contribution in [0.5, 0.6) is 0 Å². The molecule has 0 bridgehead atoms. The molecule has 0 aromatic heterocycles. The highest BCUT2D eigenvalue weighted by Crippen LogP contribution is 2.20. The number of nitrogens with two attached hydrogens (primary N) is 1. The number of hydrogen-bond donors (Lipinski definition) is 2. The van der Waals surface area contributed by atoms with E-state index in [1.165, 1.54) is 12.8 Å². The minimum Gasteiger partial charge on any atom is -0.409 e. The summed E-state index contributed by atoms with van der Waals surface area (Å²) >= 11 is 0. The summed E-state index contributed by atoms with van der Waals surface area (Å²) in [6, 6.07) is 0.572. The molecule has 6 heteroatoms. The molecule has 19 heavy (non-hydrogen) atoms. The van der Waals surface area contributed by atoms with Crippen molar-refractivity contribution in [3.8, 4) is 0 Å². The van der Waals surface area contributed by atoms with E-state index in [0.29, 0.717) is 6.04 Å². The monoisotopic (exact) mass is 270 g/mol. The predicted octanol–water partition coefficient (Wildman–Crippen LogP) is 0.308. The number of oxime groups is 1. The van der Waals surface area contributed by atoms with Crippen LogP contribution in [0.4, 0.5) is 0 Å². The Morgan fingerprint density at radius 3 is 2.53 bits per heavy atom. The lowest BCUT2D eigenvalue weighted by molar-refractivity contribution is -0.0107. The van der Waals surface area contributed by atoms with E-state index in [0.717, 1.165) is 39.4 Å². The Morgan fingerprint density at radius 1 is 1.32 bits per heavy atom. The van der Waals surface area contributed by atoms with Gasteiger partial charge < -0.3 is 15.7 Å². The smallest absolute Gasteiger partial charge is 0.159 e. The fourth-order valence-electron chi connectivity index (χ4n) is 2.94. The number of amidine groups is 1. The Balaban J connectivity index is 1.88. The molecule has 0 saturated carbocycles. The first-order chi connectivity index (χ1) is 9.05. The molecule has 0 aromatic rings. The number of rotatable bonds is 3. The van der Waals surface area contributed by atoms with Crippen molar-refractivity contribution in [3.05, 3.63) is 0 Å². The Labute approximate surface area is 115 Å². The third-order valence-corrected chi connectivity index (χ3v) is 4.49. The first-order valence-electron chi connectivity index (χ1n) is 7.10. The molecule has 3 N–H and O–H groups in total. The van der Waals surface area contributed by atoms with Gasteiger partial charge in [-0.15, -0.1) is 0 Å². The van der Waals surface area contributed by atoms with Crippen LogP contribution in [0.15, 0.2) is 5.16 Å². The van der Waals surface area contributed by atoms with Gasteiger partial charge >= 0.3 is 0 Å². The van der Waals surface area contributed by atoms with Crippen LogP contribution in [-0.4, -0.2) is 71.8 Å². The van der Waals surface area contributed by atoms with E-state index in [1.807, 2.05) is 13.8 Å². The Hall–Kier alpha value is -0.850. The van der Waals surface area contributed by atoms with Gasteiger partial charge in [-0.1, -0.05) is 5.16 Å². The highest BCUT2D eigenvalue weighted by atomic mass is 16.5. The number of piperazine rings is 1. The van der Waals surface area contributed by atoms with Gasteiger partial charge in [-0.05, 0) is 26.7 Å². The molecule has 2 saturated heterocycles. The standard InChI is InChI=1S/C13H26N4O2/c1-13(2,12(14)15-18)17-7-5-16(6-8-17)11-4-3-9-19-10-11/h11,18H,3-10H2,1-2H3,(H2,14,15). The molecule has 1 atom stereocenters. The van der Waals surface area contributed by atoms with E-state index < -0.39 is 0 Å². The van der Waals surface area contributed by atoms with E-state index in [4.69, 9.17) is 15.7 Å². The lowest BCUT2D eigenvalue weighted by Gasteiger charge is -2.45. The predicted molar refractivity (Wildman–Crippen MR) is 74.5 cm³/mol. The summed E-state index contributed by atoms with van der Waals surface area (Å²) in [4.78, 5) is 4.79. The molecule has 2 rings (SSSR count). The zero-order chi connectivity index (χ0) is 13.9. The van der Waals surface area contributed by atoms with Gasteiger partial charge in [0.15, 0.2) is 5.84 Å². The second-order valence-corrected chi connectivity index (χ2v) is 5.94. The molecule has 1 unspecified atom stereocenters. The topological polar surface area (TPSA) is 74.3 Å². The van der Waals surface area contributed by atoms with Gasteiger partial charge in [0, 0.05) is 38.8 Å². The van der Waals surface area contributed by atoms with Gasteiger partial charge in [-0.3, -0.25) is 9.80 Å². The molecule has 2 aliphatic rings. The Morgan fingerprint density at radius 2 is 2.00 bits per heavy atom. The summed E-state index contributed by atoms with van der Waals surface area (Å²) in [5.41, 5.74) is 5.40. The number of hydrogen-bond acceptors (Lipinski definition) is 5. The summed E-state index contributed by atoms with van der Waals surface area (Å²) in [7, 11) is 0. The first kappa shape index (κ1) is 14.6. The molecule has 2 heterocycles. The molecule has 6 nitrogen and oxygen atoms in total. The average Bonchev–Trinajstić information content (AvgIpc) is 2.47. The van der Waals surface area contributed by atoms with Gasteiger partial charge in [0.05, 0.1) is 12.1 Å². The zero-order valence-corrected chi connectivity index (χ0v) is 12.0. The van der Waals surface area contributed by atoms with Gasteiger partial charge in [0.25, 0.3) is 0 Å². The number of nitrogens with zero attached hydrogens (tertiary/aromatic N) is 3. The Kier molecular flexibility index (Phi) is 4.65.